The number of hydrogen-bond acceptors (Lipinski definition) is 4. The Morgan fingerprint density at radius 2 is 1.89 bits per heavy atom. The molecule has 0 radical (unpaired) electrons. The monoisotopic (exact) mass is 356 g/mol. The number of nitrogens with zero attached hydrogens (tertiary/aromatic N) is 2. The molecule has 0 saturated heterocycles. The van der Waals surface area contributed by atoms with Crippen molar-refractivity contribution in [3.8, 4) is 5.75 Å². The average molecular weight is 356 g/mol. The summed E-state index contributed by atoms with van der Waals surface area (Å²) in [7, 11) is 0. The van der Waals surface area contributed by atoms with Crippen LogP contribution in [0.15, 0.2) is 78.3 Å². The van der Waals surface area contributed by atoms with Crippen LogP contribution in [0, 0.1) is 0 Å². The molecule has 1 aliphatic heterocycles. The average Bonchev–Trinajstić information content (AvgIpc) is 3.06. The van der Waals surface area contributed by atoms with Crippen molar-refractivity contribution in [2.75, 3.05) is 6.61 Å². The quantitative estimate of drug-likeness (QED) is 0.654. The number of benzene rings is 2. The summed E-state index contributed by atoms with van der Waals surface area (Å²) in [4.78, 5) is 9.07. The van der Waals surface area contributed by atoms with E-state index in [0.717, 1.165) is 27.7 Å². The lowest BCUT2D eigenvalue weighted by Gasteiger charge is -2.14. The van der Waals surface area contributed by atoms with E-state index < -0.39 is 0 Å². The van der Waals surface area contributed by atoms with Gasteiger partial charge in [-0.2, -0.15) is 0 Å². The van der Waals surface area contributed by atoms with E-state index in [1.165, 1.54) is 0 Å². The van der Waals surface area contributed by atoms with Gasteiger partial charge in [-0.1, -0.05) is 36.3 Å². The molecule has 27 heavy (non-hydrogen) atoms. The summed E-state index contributed by atoms with van der Waals surface area (Å²) in [5.74, 6) is 3.23. The number of ether oxygens (including phenoxy) is 1. The van der Waals surface area contributed by atoms with Crippen LogP contribution in [-0.4, -0.2) is 29.9 Å². The number of aromatic nitrogens is 1. The molecule has 3 aromatic rings. The molecule has 0 atom stereocenters. The zero-order chi connectivity index (χ0) is 18.9. The Kier molecular flexibility index (Phi) is 4.44. The van der Waals surface area contributed by atoms with Gasteiger partial charge in [0.25, 0.3) is 0 Å². The lowest BCUT2D eigenvalue weighted by Crippen LogP contribution is -2.34. The Morgan fingerprint density at radius 3 is 2.59 bits per heavy atom. The predicted octanol–water partition coefficient (Wildman–Crippen LogP) is 3.79. The first-order chi connectivity index (χ1) is 13.1. The molecule has 0 spiro atoms. The lowest BCUT2D eigenvalue weighted by atomic mass is 9.61. The minimum absolute atomic E-state index is 0.165. The summed E-state index contributed by atoms with van der Waals surface area (Å²) in [6.07, 6.45) is 1.77. The van der Waals surface area contributed by atoms with Crippen molar-refractivity contribution < 1.29 is 9.39 Å². The van der Waals surface area contributed by atoms with E-state index >= 15 is 0 Å². The second-order valence-corrected chi connectivity index (χ2v) is 7.25. The molecule has 0 N–H and O–H groups in total. The van der Waals surface area contributed by atoms with Gasteiger partial charge in [-0.25, -0.2) is 4.99 Å². The fraction of sp³-hybridized carbons (Fsp3) is 0.182. The molecule has 0 saturated carbocycles. The topological polar surface area (TPSA) is 43.7 Å². The largest absolute Gasteiger partial charge is 0.550 e. The third-order valence-corrected chi connectivity index (χ3v) is 4.52. The molecule has 2 heterocycles. The van der Waals surface area contributed by atoms with Crippen LogP contribution in [-0.2, 0) is 4.74 Å². The molecule has 2 aromatic carbocycles. The Morgan fingerprint density at radius 1 is 1.11 bits per heavy atom. The summed E-state index contributed by atoms with van der Waals surface area (Å²) in [6.45, 7) is 8.40. The van der Waals surface area contributed by atoms with Gasteiger partial charge in [0.2, 0.25) is 5.90 Å². The van der Waals surface area contributed by atoms with Gasteiger partial charge >= 0.3 is 6.92 Å². The van der Waals surface area contributed by atoms with Crippen LogP contribution in [0.3, 0.4) is 0 Å². The first kappa shape index (κ1) is 17.3. The molecule has 1 aromatic heterocycles. The van der Waals surface area contributed by atoms with E-state index in [9.17, 15) is 0 Å². The Balaban J connectivity index is 1.59. The third-order valence-electron chi connectivity index (χ3n) is 4.52. The Labute approximate surface area is 159 Å². The standard InChI is InChI=1S/C22H21BN2O2/c1-4-23(27-19-9-5-7-16-8-6-14-24-20(16)19)18-12-10-17(11-13-18)21-25-22(2,3)15-26-21/h4-14H,1,15H2,2-3H3. The molecule has 1 aliphatic rings. The molecule has 134 valence electrons. The molecular formula is C22H21BN2O2. The smallest absolute Gasteiger partial charge is 0.418 e. The van der Waals surface area contributed by atoms with E-state index in [2.05, 4.69) is 30.4 Å². The normalized spacial score (nSPS) is 15.1. The Bertz CT molecular complexity index is 1010. The van der Waals surface area contributed by atoms with E-state index in [1.54, 1.807) is 12.2 Å². The molecule has 0 amide bonds. The molecule has 0 aliphatic carbocycles. The highest BCUT2D eigenvalue weighted by Crippen LogP contribution is 2.24. The second kappa shape index (κ2) is 6.91. The number of rotatable bonds is 5. The molecule has 4 rings (SSSR count). The fourth-order valence-electron chi connectivity index (χ4n) is 3.11. The molecular weight excluding hydrogens is 335 g/mol. The van der Waals surface area contributed by atoms with Crippen molar-refractivity contribution in [1.29, 1.82) is 0 Å². The number of hydrogen-bond donors (Lipinski definition) is 0. The third kappa shape index (κ3) is 3.58. The van der Waals surface area contributed by atoms with E-state index in [0.29, 0.717) is 12.5 Å². The van der Waals surface area contributed by atoms with Gasteiger partial charge in [-0.05, 0) is 43.6 Å². The van der Waals surface area contributed by atoms with Gasteiger partial charge in [-0.3, -0.25) is 4.98 Å². The van der Waals surface area contributed by atoms with E-state index in [-0.39, 0.29) is 12.5 Å². The number of aliphatic imine (C=N–C) groups is 1. The van der Waals surface area contributed by atoms with Crippen LogP contribution in [0.5, 0.6) is 5.75 Å². The van der Waals surface area contributed by atoms with E-state index in [1.807, 2.05) is 54.6 Å². The molecule has 0 fully saturated rings. The van der Waals surface area contributed by atoms with Crippen LogP contribution in [0.2, 0.25) is 0 Å². The zero-order valence-corrected chi connectivity index (χ0v) is 15.6. The SMILES string of the molecule is C=CB(Oc1cccc2cccnc12)c1ccc(C2=NC(C)(C)CO2)cc1. The van der Waals surface area contributed by atoms with Crippen molar-refractivity contribution in [1.82, 2.24) is 4.98 Å². The zero-order valence-electron chi connectivity index (χ0n) is 15.6. The minimum Gasteiger partial charge on any atom is -0.550 e. The summed E-state index contributed by atoms with van der Waals surface area (Å²) >= 11 is 0. The predicted molar refractivity (Wildman–Crippen MR) is 111 cm³/mol. The summed E-state index contributed by atoms with van der Waals surface area (Å²) in [5, 5.41) is 1.05. The van der Waals surface area contributed by atoms with E-state index in [4.69, 9.17) is 9.39 Å². The number of para-hydroxylation sites is 1. The second-order valence-electron chi connectivity index (χ2n) is 7.25. The van der Waals surface area contributed by atoms with Crippen molar-refractivity contribution in [3.05, 3.63) is 78.9 Å². The van der Waals surface area contributed by atoms with Crippen LogP contribution >= 0.6 is 0 Å². The molecule has 0 bridgehead atoms. The Hall–Kier alpha value is -3.08. The van der Waals surface area contributed by atoms with Crippen LogP contribution in [0.4, 0.5) is 0 Å². The lowest BCUT2D eigenvalue weighted by molar-refractivity contribution is 0.279. The first-order valence-corrected chi connectivity index (χ1v) is 9.02. The van der Waals surface area contributed by atoms with Crippen LogP contribution < -0.4 is 10.1 Å². The van der Waals surface area contributed by atoms with Gasteiger partial charge in [0, 0.05) is 17.1 Å². The summed E-state index contributed by atoms with van der Waals surface area (Å²) < 4.78 is 11.9. The highest BCUT2D eigenvalue weighted by molar-refractivity contribution is 6.72. The van der Waals surface area contributed by atoms with Gasteiger partial charge in [0.15, 0.2) is 0 Å². The van der Waals surface area contributed by atoms with Crippen molar-refractivity contribution in [3.63, 3.8) is 0 Å². The highest BCUT2D eigenvalue weighted by atomic mass is 16.5. The highest BCUT2D eigenvalue weighted by Gasteiger charge is 2.27. The summed E-state index contributed by atoms with van der Waals surface area (Å²) in [5.41, 5.74) is 2.67. The van der Waals surface area contributed by atoms with Gasteiger partial charge in [0.1, 0.15) is 17.9 Å². The van der Waals surface area contributed by atoms with Gasteiger partial charge in [-0.15, -0.1) is 6.58 Å². The molecule has 5 heteroatoms. The maximum atomic E-state index is 6.22. The van der Waals surface area contributed by atoms with Crippen LogP contribution in [0.1, 0.15) is 19.4 Å². The minimum atomic E-state index is -0.269. The van der Waals surface area contributed by atoms with Crippen LogP contribution in [0.25, 0.3) is 10.9 Å². The number of fused-ring (bicyclic) bond motifs is 1. The van der Waals surface area contributed by atoms with Crippen molar-refractivity contribution in [2.45, 2.75) is 19.4 Å². The maximum Gasteiger partial charge on any atom is 0.418 e. The first-order valence-electron chi connectivity index (χ1n) is 9.02. The summed E-state index contributed by atoms with van der Waals surface area (Å²) in [6, 6.07) is 17.9. The number of pyridine rings is 1. The van der Waals surface area contributed by atoms with Gasteiger partial charge in [0.05, 0.1) is 5.54 Å². The molecule has 4 nitrogen and oxygen atoms in total. The fourth-order valence-corrected chi connectivity index (χ4v) is 3.11. The van der Waals surface area contributed by atoms with Gasteiger partial charge < -0.3 is 9.39 Å². The van der Waals surface area contributed by atoms with Crippen molar-refractivity contribution >= 4 is 29.2 Å². The van der Waals surface area contributed by atoms with Crippen molar-refractivity contribution in [2.24, 2.45) is 4.99 Å². The maximum absolute atomic E-state index is 6.22. The molecule has 0 unspecified atom stereocenters.